The molecule has 2 saturated heterocycles. The van der Waals surface area contributed by atoms with Crippen molar-refractivity contribution in [2.45, 2.75) is 57.5 Å². The van der Waals surface area contributed by atoms with Crippen molar-refractivity contribution in [1.29, 1.82) is 0 Å². The fourth-order valence-corrected chi connectivity index (χ4v) is 2.85. The van der Waals surface area contributed by atoms with E-state index in [4.69, 9.17) is 19.3 Å². The van der Waals surface area contributed by atoms with Gasteiger partial charge in [-0.15, -0.1) is 0 Å². The fraction of sp³-hybridized carbons (Fsp3) is 0.667. The van der Waals surface area contributed by atoms with Gasteiger partial charge in [-0.25, -0.2) is 0 Å². The first kappa shape index (κ1) is 18.9. The fourth-order valence-electron chi connectivity index (χ4n) is 2.59. The number of aliphatic hydroxyl groups excluding tert-OH is 1. The molecule has 5 heteroatoms. The van der Waals surface area contributed by atoms with Crippen molar-refractivity contribution in [3.63, 3.8) is 0 Å². The van der Waals surface area contributed by atoms with Gasteiger partial charge in [-0.1, -0.05) is 28.1 Å². The van der Waals surface area contributed by atoms with Crippen LogP contribution in [-0.2, 0) is 20.6 Å². The zero-order valence-corrected chi connectivity index (χ0v) is 15.2. The first-order valence-electron chi connectivity index (χ1n) is 8.52. The molecular weight excluding hydrogens is 360 g/mol. The molecule has 0 radical (unpaired) electrons. The van der Waals surface area contributed by atoms with Gasteiger partial charge in [-0.3, -0.25) is 0 Å². The van der Waals surface area contributed by atoms with Gasteiger partial charge in [0.2, 0.25) is 0 Å². The molecule has 2 atom stereocenters. The number of benzene rings is 1. The maximum atomic E-state index is 8.58. The Hall–Kier alpha value is -0.460. The zero-order valence-electron chi connectivity index (χ0n) is 13.6. The summed E-state index contributed by atoms with van der Waals surface area (Å²) in [5.41, 5.74) is 1.17. The summed E-state index contributed by atoms with van der Waals surface area (Å²) in [5.74, 6) is 0. The number of hydrogen-bond acceptors (Lipinski definition) is 4. The van der Waals surface area contributed by atoms with E-state index in [-0.39, 0.29) is 19.2 Å². The van der Waals surface area contributed by atoms with Gasteiger partial charge < -0.3 is 19.3 Å². The molecule has 0 aliphatic carbocycles. The van der Waals surface area contributed by atoms with Crippen molar-refractivity contribution in [2.75, 3.05) is 19.8 Å². The molecule has 1 aromatic rings. The third-order valence-corrected chi connectivity index (χ3v) is 4.42. The highest BCUT2D eigenvalue weighted by Gasteiger charge is 2.21. The topological polar surface area (TPSA) is 47.9 Å². The monoisotopic (exact) mass is 386 g/mol. The van der Waals surface area contributed by atoms with Crippen molar-refractivity contribution < 1.29 is 19.3 Å². The quantitative estimate of drug-likeness (QED) is 0.847. The Kier molecular flexibility index (Phi) is 9.15. The number of aliphatic hydroxyl groups is 1. The van der Waals surface area contributed by atoms with Crippen LogP contribution in [0, 0.1) is 0 Å². The summed E-state index contributed by atoms with van der Waals surface area (Å²) in [6.45, 7) is 1.91. The van der Waals surface area contributed by atoms with Gasteiger partial charge in [0, 0.05) is 24.3 Å². The lowest BCUT2D eigenvalue weighted by atomic mass is 10.2. The largest absolute Gasteiger partial charge is 0.396 e. The Morgan fingerprint density at radius 1 is 0.957 bits per heavy atom. The second kappa shape index (κ2) is 11.2. The number of halogens is 1. The lowest BCUT2D eigenvalue weighted by Crippen LogP contribution is -2.31. The van der Waals surface area contributed by atoms with E-state index in [1.807, 2.05) is 24.3 Å². The zero-order chi connectivity index (χ0) is 16.3. The first-order chi connectivity index (χ1) is 11.3. The molecule has 1 N–H and O–H groups in total. The highest BCUT2D eigenvalue weighted by molar-refractivity contribution is 9.10. The van der Waals surface area contributed by atoms with Gasteiger partial charge >= 0.3 is 0 Å². The van der Waals surface area contributed by atoms with E-state index in [0.29, 0.717) is 0 Å². The molecule has 4 nitrogen and oxygen atoms in total. The average molecular weight is 387 g/mol. The third kappa shape index (κ3) is 7.77. The summed E-state index contributed by atoms with van der Waals surface area (Å²) in [4.78, 5) is 0. The predicted octanol–water partition coefficient (Wildman–Crippen LogP) is 4.04. The summed E-state index contributed by atoms with van der Waals surface area (Å²) in [5, 5.41) is 8.58. The summed E-state index contributed by atoms with van der Waals surface area (Å²) < 4.78 is 17.7. The summed E-state index contributed by atoms with van der Waals surface area (Å²) in [6, 6.07) is 7.95. The molecule has 2 unspecified atom stereocenters. The number of hydrogen-bond donors (Lipinski definition) is 1. The second-order valence-corrected chi connectivity index (χ2v) is 6.74. The van der Waals surface area contributed by atoms with Crippen LogP contribution < -0.4 is 0 Å². The number of rotatable bonds is 4. The van der Waals surface area contributed by atoms with E-state index in [9.17, 15) is 0 Å². The molecule has 0 saturated carbocycles. The lowest BCUT2D eigenvalue weighted by Gasteiger charge is -2.29. The van der Waals surface area contributed by atoms with Crippen LogP contribution in [0.25, 0.3) is 0 Å². The van der Waals surface area contributed by atoms with Crippen molar-refractivity contribution in [3.05, 3.63) is 34.3 Å². The first-order valence-corrected chi connectivity index (χ1v) is 9.31. The Balaban J connectivity index is 0.000000174. The van der Waals surface area contributed by atoms with Crippen LogP contribution >= 0.6 is 15.9 Å². The van der Waals surface area contributed by atoms with E-state index in [1.165, 1.54) is 31.2 Å². The summed E-state index contributed by atoms with van der Waals surface area (Å²) in [6.07, 6.45) is 7.58. The minimum atomic E-state index is -0.00292. The Morgan fingerprint density at radius 3 is 1.96 bits per heavy atom. The van der Waals surface area contributed by atoms with Crippen LogP contribution in [0.2, 0.25) is 0 Å². The minimum absolute atomic E-state index is 0.00292. The minimum Gasteiger partial charge on any atom is -0.396 e. The molecule has 23 heavy (non-hydrogen) atoms. The van der Waals surface area contributed by atoms with Crippen molar-refractivity contribution in [2.24, 2.45) is 0 Å². The molecular formula is C18H27BrO4. The van der Waals surface area contributed by atoms with Crippen LogP contribution in [0.3, 0.4) is 0 Å². The Morgan fingerprint density at radius 2 is 1.52 bits per heavy atom. The van der Waals surface area contributed by atoms with Gasteiger partial charge in [0.25, 0.3) is 0 Å². The predicted molar refractivity (Wildman–Crippen MR) is 93.2 cm³/mol. The molecule has 0 aromatic heterocycles. The average Bonchev–Trinajstić information content (AvgIpc) is 2.60. The molecule has 0 amide bonds. The molecule has 2 aliphatic heterocycles. The SMILES string of the molecule is C1CCC(OC2CCCCO2)OC1.OCCc1ccc(Br)cc1. The summed E-state index contributed by atoms with van der Waals surface area (Å²) >= 11 is 3.33. The van der Waals surface area contributed by atoms with Crippen molar-refractivity contribution in [3.8, 4) is 0 Å². The highest BCUT2D eigenvalue weighted by atomic mass is 79.9. The lowest BCUT2D eigenvalue weighted by molar-refractivity contribution is -0.264. The number of ether oxygens (including phenoxy) is 3. The molecule has 2 fully saturated rings. The van der Waals surface area contributed by atoms with E-state index in [0.717, 1.165) is 36.9 Å². The second-order valence-electron chi connectivity index (χ2n) is 5.83. The highest BCUT2D eigenvalue weighted by Crippen LogP contribution is 2.20. The van der Waals surface area contributed by atoms with Gasteiger partial charge in [0.15, 0.2) is 12.6 Å². The molecule has 2 aliphatic rings. The van der Waals surface area contributed by atoms with Gasteiger partial charge in [0.05, 0.1) is 0 Å². The van der Waals surface area contributed by atoms with Crippen molar-refractivity contribution in [1.82, 2.24) is 0 Å². The Labute approximate surface area is 147 Å². The maximum Gasteiger partial charge on any atom is 0.160 e. The molecule has 2 heterocycles. The standard InChI is InChI=1S/C10H18O3.C8H9BrO/c1-3-7-11-9(5-1)13-10-6-2-4-8-12-10;9-8-3-1-7(2-4-8)5-6-10/h9-10H,1-8H2;1-4,10H,5-6H2. The molecule has 1 aromatic carbocycles. The van der Waals surface area contributed by atoms with Crippen molar-refractivity contribution >= 4 is 15.9 Å². The smallest absolute Gasteiger partial charge is 0.160 e. The normalized spacial score (nSPS) is 24.6. The summed E-state index contributed by atoms with van der Waals surface area (Å²) in [7, 11) is 0. The van der Waals surface area contributed by atoms with Crippen LogP contribution in [0.4, 0.5) is 0 Å². The maximum absolute atomic E-state index is 8.58. The van der Waals surface area contributed by atoms with E-state index in [2.05, 4.69) is 15.9 Å². The van der Waals surface area contributed by atoms with E-state index >= 15 is 0 Å². The van der Waals surface area contributed by atoms with Crippen LogP contribution in [0.1, 0.15) is 44.1 Å². The van der Waals surface area contributed by atoms with Crippen LogP contribution in [0.15, 0.2) is 28.7 Å². The van der Waals surface area contributed by atoms with E-state index in [1.54, 1.807) is 0 Å². The van der Waals surface area contributed by atoms with Gasteiger partial charge in [-0.2, -0.15) is 0 Å². The Bertz CT molecular complexity index is 396. The molecule has 0 spiro atoms. The van der Waals surface area contributed by atoms with Crippen LogP contribution in [-0.4, -0.2) is 37.5 Å². The third-order valence-electron chi connectivity index (χ3n) is 3.89. The van der Waals surface area contributed by atoms with Crippen LogP contribution in [0.5, 0.6) is 0 Å². The molecule has 130 valence electrons. The van der Waals surface area contributed by atoms with Gasteiger partial charge in [0.1, 0.15) is 0 Å². The molecule has 0 bridgehead atoms. The molecule has 3 rings (SSSR count). The van der Waals surface area contributed by atoms with Gasteiger partial charge in [-0.05, 0) is 62.6 Å². The van der Waals surface area contributed by atoms with E-state index < -0.39 is 0 Å².